The Labute approximate surface area is 313 Å². The molecule has 274 valence electrons. The highest BCUT2D eigenvalue weighted by atomic mass is 19.1. The number of aliphatic hydroxyl groups is 1. The highest BCUT2D eigenvalue weighted by Gasteiger charge is 2.66. The standard InChI is InChI=1S/C45H42FN3O5/c1-27-41(44(2,3)46)38(23-39(51)47-25-31-13-5-4-12-30(31)22-33(47)26-50)54-45(27)35-18-6-7-19-36(35)48(43(45)53)24-28-11-8-16-32(21-28)49-37-20-10-15-29-14-9-17-34(40(29)37)42(49)52/h4-21,27,33,38,41,50H,22-26H2,1-3H3/t27-,33+,38+,41-,45+/m1/s1. The number of carbonyl (C=O) groups excluding carboxylic acids is 3. The van der Waals surface area contributed by atoms with E-state index in [0.717, 1.165) is 33.2 Å². The van der Waals surface area contributed by atoms with Gasteiger partial charge in [0.2, 0.25) is 5.91 Å². The van der Waals surface area contributed by atoms with Gasteiger partial charge in [0.1, 0.15) is 5.67 Å². The number of rotatable bonds is 7. The molecule has 0 bridgehead atoms. The SMILES string of the molecule is C[C@@H]1[C@@H](C(C)(C)F)[C@H](CC(=O)N2Cc3ccccc3C[C@H]2CO)O[C@@]12C(=O)N(Cc1cccc(N3C(=O)c4cccc5cccc3c45)c1)c1ccccc12. The number of alkyl halides is 1. The van der Waals surface area contributed by atoms with Crippen molar-refractivity contribution in [1.82, 2.24) is 4.90 Å². The van der Waals surface area contributed by atoms with Crippen molar-refractivity contribution in [2.75, 3.05) is 16.4 Å². The molecule has 54 heavy (non-hydrogen) atoms. The quantitative estimate of drug-likeness (QED) is 0.187. The highest BCUT2D eigenvalue weighted by Crippen LogP contribution is 2.58. The fourth-order valence-electron chi connectivity index (χ4n) is 9.84. The molecule has 1 N–H and O–H groups in total. The van der Waals surface area contributed by atoms with Crippen molar-refractivity contribution in [3.8, 4) is 0 Å². The number of benzene rings is 5. The van der Waals surface area contributed by atoms with Gasteiger partial charge in [-0.05, 0) is 72.7 Å². The average molecular weight is 724 g/mol. The lowest BCUT2D eigenvalue weighted by atomic mass is 9.71. The smallest absolute Gasteiger partial charge is 0.264 e. The van der Waals surface area contributed by atoms with Crippen molar-refractivity contribution in [1.29, 1.82) is 0 Å². The van der Waals surface area contributed by atoms with Crippen LogP contribution in [-0.2, 0) is 39.4 Å². The molecule has 4 aliphatic heterocycles. The van der Waals surface area contributed by atoms with E-state index >= 15 is 4.39 Å². The first-order chi connectivity index (χ1) is 26.0. The second kappa shape index (κ2) is 12.6. The molecule has 1 fully saturated rings. The van der Waals surface area contributed by atoms with Gasteiger partial charge in [-0.3, -0.25) is 19.3 Å². The first-order valence-electron chi connectivity index (χ1n) is 18.7. The molecule has 5 aromatic rings. The van der Waals surface area contributed by atoms with Crippen molar-refractivity contribution in [2.45, 2.75) is 70.1 Å². The van der Waals surface area contributed by atoms with E-state index < -0.39 is 35.3 Å². The number of fused-ring (bicyclic) bond motifs is 3. The number of hydrogen-bond donors (Lipinski definition) is 1. The number of aliphatic hydroxyl groups excluding tert-OH is 1. The summed E-state index contributed by atoms with van der Waals surface area (Å²) in [5.41, 5.74) is 3.13. The lowest BCUT2D eigenvalue weighted by Gasteiger charge is -2.37. The second-order valence-corrected chi connectivity index (χ2v) is 15.7. The topological polar surface area (TPSA) is 90.4 Å². The van der Waals surface area contributed by atoms with Crippen LogP contribution in [0.15, 0.2) is 109 Å². The van der Waals surface area contributed by atoms with Crippen molar-refractivity contribution in [3.63, 3.8) is 0 Å². The minimum absolute atomic E-state index is 0.104. The third-order valence-electron chi connectivity index (χ3n) is 12.2. The van der Waals surface area contributed by atoms with Gasteiger partial charge in [-0.1, -0.05) is 85.8 Å². The van der Waals surface area contributed by atoms with Crippen LogP contribution in [0.5, 0.6) is 0 Å². The minimum atomic E-state index is -1.78. The summed E-state index contributed by atoms with van der Waals surface area (Å²) in [6.45, 7) is 5.19. The number of para-hydroxylation sites is 1. The van der Waals surface area contributed by atoms with Crippen LogP contribution in [0, 0.1) is 11.8 Å². The van der Waals surface area contributed by atoms with Gasteiger partial charge in [0, 0.05) is 35.0 Å². The predicted octanol–water partition coefficient (Wildman–Crippen LogP) is 7.61. The summed E-state index contributed by atoms with van der Waals surface area (Å²) in [4.78, 5) is 48.0. The molecule has 0 radical (unpaired) electrons. The molecule has 1 spiro atoms. The van der Waals surface area contributed by atoms with Crippen molar-refractivity contribution < 1.29 is 28.6 Å². The Morgan fingerprint density at radius 1 is 0.907 bits per heavy atom. The minimum Gasteiger partial charge on any atom is -0.394 e. The van der Waals surface area contributed by atoms with Crippen molar-refractivity contribution >= 4 is 45.6 Å². The molecule has 1 saturated heterocycles. The van der Waals surface area contributed by atoms with E-state index in [2.05, 4.69) is 0 Å². The summed E-state index contributed by atoms with van der Waals surface area (Å²) in [6, 6.07) is 34.3. The van der Waals surface area contributed by atoms with E-state index in [1.807, 2.05) is 116 Å². The van der Waals surface area contributed by atoms with E-state index in [-0.39, 0.29) is 37.3 Å². The average Bonchev–Trinajstić information content (AvgIpc) is 3.72. The molecule has 4 aliphatic rings. The van der Waals surface area contributed by atoms with Gasteiger partial charge in [-0.15, -0.1) is 0 Å². The summed E-state index contributed by atoms with van der Waals surface area (Å²) in [5, 5.41) is 12.2. The van der Waals surface area contributed by atoms with Gasteiger partial charge in [0.05, 0.1) is 48.7 Å². The molecule has 3 amide bonds. The molecule has 0 unspecified atom stereocenters. The molecule has 5 aromatic carbocycles. The van der Waals surface area contributed by atoms with Crippen LogP contribution in [0.2, 0.25) is 0 Å². The fourth-order valence-corrected chi connectivity index (χ4v) is 9.84. The van der Waals surface area contributed by atoms with Crippen LogP contribution in [0.25, 0.3) is 10.8 Å². The zero-order chi connectivity index (χ0) is 37.5. The lowest BCUT2D eigenvalue weighted by Crippen LogP contribution is -2.48. The zero-order valence-electron chi connectivity index (χ0n) is 30.5. The Bertz CT molecular complexity index is 2350. The number of amides is 3. The van der Waals surface area contributed by atoms with Crippen LogP contribution < -0.4 is 9.80 Å². The van der Waals surface area contributed by atoms with Crippen LogP contribution >= 0.6 is 0 Å². The van der Waals surface area contributed by atoms with Gasteiger partial charge in [-0.2, -0.15) is 0 Å². The Balaban J connectivity index is 1.03. The number of halogens is 1. The molecule has 5 atom stereocenters. The van der Waals surface area contributed by atoms with E-state index in [9.17, 15) is 19.5 Å². The monoisotopic (exact) mass is 723 g/mol. The summed E-state index contributed by atoms with van der Waals surface area (Å²) < 4.78 is 23.3. The van der Waals surface area contributed by atoms with Gasteiger partial charge in [-0.25, -0.2) is 4.39 Å². The van der Waals surface area contributed by atoms with Gasteiger partial charge < -0.3 is 19.6 Å². The molecule has 8 nitrogen and oxygen atoms in total. The number of hydrogen-bond acceptors (Lipinski definition) is 5. The van der Waals surface area contributed by atoms with E-state index in [1.54, 1.807) is 14.7 Å². The molecule has 9 heteroatoms. The van der Waals surface area contributed by atoms with Gasteiger partial charge in [0.15, 0.2) is 5.60 Å². The first kappa shape index (κ1) is 34.4. The Morgan fingerprint density at radius 2 is 1.61 bits per heavy atom. The van der Waals surface area contributed by atoms with E-state index in [4.69, 9.17) is 4.74 Å². The molecule has 0 aromatic heterocycles. The number of nitrogens with zero attached hydrogens (tertiary/aromatic N) is 3. The van der Waals surface area contributed by atoms with Crippen molar-refractivity contribution in [2.24, 2.45) is 11.8 Å². The zero-order valence-corrected chi connectivity index (χ0v) is 30.5. The van der Waals surface area contributed by atoms with Gasteiger partial charge in [0.25, 0.3) is 11.8 Å². The van der Waals surface area contributed by atoms with Crippen LogP contribution in [0.1, 0.15) is 59.8 Å². The summed E-state index contributed by atoms with van der Waals surface area (Å²) in [6.07, 6.45) is -0.493. The largest absolute Gasteiger partial charge is 0.394 e. The number of anilines is 3. The maximum atomic E-state index is 16.4. The molecular formula is C45H42FN3O5. The third kappa shape index (κ3) is 5.12. The van der Waals surface area contributed by atoms with E-state index in [1.165, 1.54) is 13.8 Å². The van der Waals surface area contributed by atoms with Gasteiger partial charge >= 0.3 is 0 Å². The van der Waals surface area contributed by atoms with Crippen LogP contribution in [0.3, 0.4) is 0 Å². The summed E-state index contributed by atoms with van der Waals surface area (Å²) in [5.74, 6) is -2.04. The maximum absolute atomic E-state index is 16.4. The third-order valence-corrected chi connectivity index (χ3v) is 12.2. The van der Waals surface area contributed by atoms with E-state index in [0.29, 0.717) is 35.5 Å². The molecule has 0 saturated carbocycles. The molecule has 4 heterocycles. The van der Waals surface area contributed by atoms with Crippen molar-refractivity contribution in [3.05, 3.63) is 137 Å². The maximum Gasteiger partial charge on any atom is 0.264 e. The summed E-state index contributed by atoms with van der Waals surface area (Å²) >= 11 is 0. The highest BCUT2D eigenvalue weighted by molar-refractivity contribution is 6.27. The van der Waals surface area contributed by atoms with Crippen LogP contribution in [-0.4, -0.2) is 52.1 Å². The lowest BCUT2D eigenvalue weighted by molar-refractivity contribution is -0.151. The normalized spacial score (nSPS) is 24.5. The van der Waals surface area contributed by atoms with Crippen LogP contribution in [0.4, 0.5) is 21.5 Å². The Hall–Kier alpha value is -5.38. The fraction of sp³-hybridized carbons (Fsp3) is 0.311. The Morgan fingerprint density at radius 3 is 2.39 bits per heavy atom. The predicted molar refractivity (Wildman–Crippen MR) is 205 cm³/mol. The molecular weight excluding hydrogens is 682 g/mol. The first-order valence-corrected chi connectivity index (χ1v) is 18.7. The molecule has 9 rings (SSSR count). The second-order valence-electron chi connectivity index (χ2n) is 15.7. The summed E-state index contributed by atoms with van der Waals surface area (Å²) in [7, 11) is 0. The Kier molecular flexibility index (Phi) is 8.03. The number of carbonyl (C=O) groups is 3. The molecule has 0 aliphatic carbocycles. The number of ether oxygens (including phenoxy) is 1.